The van der Waals surface area contributed by atoms with Crippen molar-refractivity contribution < 1.29 is 4.74 Å². The third-order valence-electron chi connectivity index (χ3n) is 3.34. The van der Waals surface area contributed by atoms with Crippen molar-refractivity contribution in [1.82, 2.24) is 10.2 Å². The summed E-state index contributed by atoms with van der Waals surface area (Å²) in [7, 11) is 1.73. The summed E-state index contributed by atoms with van der Waals surface area (Å²) < 4.78 is 6.56. The van der Waals surface area contributed by atoms with E-state index in [2.05, 4.69) is 39.1 Å². The van der Waals surface area contributed by atoms with E-state index in [0.717, 1.165) is 36.4 Å². The van der Waals surface area contributed by atoms with Gasteiger partial charge in [0.15, 0.2) is 0 Å². The Morgan fingerprint density at radius 1 is 1.35 bits per heavy atom. The number of benzene rings is 1. The van der Waals surface area contributed by atoms with Gasteiger partial charge < -0.3 is 10.1 Å². The molecule has 1 atom stereocenters. The zero-order valence-corrected chi connectivity index (χ0v) is 12.0. The summed E-state index contributed by atoms with van der Waals surface area (Å²) in [6, 6.07) is 6.60. The molecule has 17 heavy (non-hydrogen) atoms. The van der Waals surface area contributed by atoms with Crippen LogP contribution in [0.3, 0.4) is 0 Å². The number of nitrogens with one attached hydrogen (secondary N) is 1. The van der Waals surface area contributed by atoms with Crippen LogP contribution in [-0.2, 0) is 0 Å². The minimum Gasteiger partial charge on any atom is -0.496 e. The summed E-state index contributed by atoms with van der Waals surface area (Å²) in [5.41, 5.74) is 1.25. The van der Waals surface area contributed by atoms with Crippen LogP contribution in [0.15, 0.2) is 22.7 Å². The maximum Gasteiger partial charge on any atom is 0.123 e. The monoisotopic (exact) mass is 298 g/mol. The van der Waals surface area contributed by atoms with E-state index in [1.807, 2.05) is 12.1 Å². The molecule has 1 aromatic carbocycles. The Balaban J connectivity index is 2.21. The third kappa shape index (κ3) is 3.00. The van der Waals surface area contributed by atoms with Crippen molar-refractivity contribution in [2.24, 2.45) is 0 Å². The van der Waals surface area contributed by atoms with Crippen molar-refractivity contribution in [2.45, 2.75) is 13.0 Å². The number of hydrogen-bond donors (Lipinski definition) is 1. The lowest BCUT2D eigenvalue weighted by Crippen LogP contribution is -2.44. The number of ether oxygens (including phenoxy) is 1. The first-order chi connectivity index (χ1) is 8.22. The predicted molar refractivity (Wildman–Crippen MR) is 73.6 cm³/mol. The molecule has 1 aliphatic heterocycles. The minimum absolute atomic E-state index is 0.393. The second kappa shape index (κ2) is 5.85. The normalized spacial score (nSPS) is 19.0. The summed E-state index contributed by atoms with van der Waals surface area (Å²) in [6.45, 7) is 6.57. The summed E-state index contributed by atoms with van der Waals surface area (Å²) >= 11 is 3.53. The molecule has 1 unspecified atom stereocenters. The molecule has 1 N–H and O–H groups in total. The van der Waals surface area contributed by atoms with Gasteiger partial charge in [0.25, 0.3) is 0 Å². The molecule has 1 saturated heterocycles. The topological polar surface area (TPSA) is 24.5 Å². The molecular weight excluding hydrogens is 280 g/mol. The summed E-state index contributed by atoms with van der Waals surface area (Å²) in [5.74, 6) is 0.972. The molecule has 3 nitrogen and oxygen atoms in total. The molecule has 0 spiro atoms. The van der Waals surface area contributed by atoms with E-state index in [0.29, 0.717) is 6.04 Å². The summed E-state index contributed by atoms with van der Waals surface area (Å²) in [4.78, 5) is 2.49. The molecular formula is C13H19BrN2O. The van der Waals surface area contributed by atoms with Crippen molar-refractivity contribution in [3.05, 3.63) is 28.2 Å². The number of piperazine rings is 1. The van der Waals surface area contributed by atoms with Crippen molar-refractivity contribution in [3.63, 3.8) is 0 Å². The van der Waals surface area contributed by atoms with Gasteiger partial charge in [-0.25, -0.2) is 0 Å². The molecule has 1 fully saturated rings. The van der Waals surface area contributed by atoms with Crippen LogP contribution in [0.5, 0.6) is 5.75 Å². The molecule has 0 aromatic heterocycles. The maximum atomic E-state index is 5.45. The molecule has 1 aromatic rings. The number of nitrogens with zero attached hydrogens (tertiary/aromatic N) is 1. The van der Waals surface area contributed by atoms with Crippen LogP contribution in [0.25, 0.3) is 0 Å². The Hall–Kier alpha value is -0.580. The van der Waals surface area contributed by atoms with Crippen molar-refractivity contribution in [1.29, 1.82) is 0 Å². The lowest BCUT2D eigenvalue weighted by molar-refractivity contribution is 0.182. The van der Waals surface area contributed by atoms with Gasteiger partial charge in [0.2, 0.25) is 0 Å². The Morgan fingerprint density at radius 2 is 2.06 bits per heavy atom. The van der Waals surface area contributed by atoms with Crippen LogP contribution in [0.1, 0.15) is 18.5 Å². The fourth-order valence-corrected chi connectivity index (χ4v) is 2.68. The van der Waals surface area contributed by atoms with Crippen LogP contribution in [-0.4, -0.2) is 38.2 Å². The Kier molecular flexibility index (Phi) is 4.42. The van der Waals surface area contributed by atoms with E-state index < -0.39 is 0 Å². The summed E-state index contributed by atoms with van der Waals surface area (Å²) in [6.07, 6.45) is 0. The van der Waals surface area contributed by atoms with E-state index in [9.17, 15) is 0 Å². The molecule has 0 saturated carbocycles. The van der Waals surface area contributed by atoms with Crippen LogP contribution in [0.2, 0.25) is 0 Å². The molecule has 1 aliphatic rings. The minimum atomic E-state index is 0.393. The molecule has 4 heteroatoms. The molecule has 0 bridgehead atoms. The second-order valence-corrected chi connectivity index (χ2v) is 5.26. The van der Waals surface area contributed by atoms with Gasteiger partial charge in [-0.2, -0.15) is 0 Å². The zero-order chi connectivity index (χ0) is 12.3. The highest BCUT2D eigenvalue weighted by molar-refractivity contribution is 9.10. The van der Waals surface area contributed by atoms with E-state index in [1.54, 1.807) is 7.11 Å². The highest BCUT2D eigenvalue weighted by Gasteiger charge is 2.20. The fourth-order valence-electron chi connectivity index (χ4n) is 2.30. The van der Waals surface area contributed by atoms with Gasteiger partial charge in [0.05, 0.1) is 7.11 Å². The SMILES string of the molecule is COc1ccc(Br)cc1C(C)N1CCNCC1. The Labute approximate surface area is 111 Å². The number of rotatable bonds is 3. The molecule has 1 heterocycles. The number of methoxy groups -OCH3 is 1. The quantitative estimate of drug-likeness (QED) is 0.927. The highest BCUT2D eigenvalue weighted by Crippen LogP contribution is 2.31. The molecule has 2 rings (SSSR count). The smallest absolute Gasteiger partial charge is 0.123 e. The second-order valence-electron chi connectivity index (χ2n) is 4.35. The molecule has 0 aliphatic carbocycles. The van der Waals surface area contributed by atoms with Crippen molar-refractivity contribution >= 4 is 15.9 Å². The average Bonchev–Trinajstić information content (AvgIpc) is 2.39. The van der Waals surface area contributed by atoms with Crippen LogP contribution in [0.4, 0.5) is 0 Å². The first-order valence-electron chi connectivity index (χ1n) is 6.00. The first-order valence-corrected chi connectivity index (χ1v) is 6.80. The number of halogens is 1. The van der Waals surface area contributed by atoms with E-state index in [4.69, 9.17) is 4.74 Å². The molecule has 94 valence electrons. The van der Waals surface area contributed by atoms with Gasteiger partial charge in [-0.15, -0.1) is 0 Å². The first kappa shape index (κ1) is 12.9. The Bertz CT molecular complexity index is 378. The van der Waals surface area contributed by atoms with Gasteiger partial charge >= 0.3 is 0 Å². The van der Waals surface area contributed by atoms with Gasteiger partial charge in [0, 0.05) is 42.3 Å². The van der Waals surface area contributed by atoms with Gasteiger partial charge in [-0.1, -0.05) is 15.9 Å². The lowest BCUT2D eigenvalue weighted by Gasteiger charge is -2.33. The van der Waals surface area contributed by atoms with Gasteiger partial charge in [-0.3, -0.25) is 4.90 Å². The molecule has 0 radical (unpaired) electrons. The van der Waals surface area contributed by atoms with Crippen molar-refractivity contribution in [3.8, 4) is 5.75 Å². The van der Waals surface area contributed by atoms with E-state index in [-0.39, 0.29) is 0 Å². The Morgan fingerprint density at radius 3 is 2.71 bits per heavy atom. The predicted octanol–water partition coefficient (Wildman–Crippen LogP) is 2.42. The number of hydrogen-bond acceptors (Lipinski definition) is 3. The van der Waals surface area contributed by atoms with Crippen LogP contribution < -0.4 is 10.1 Å². The standard InChI is InChI=1S/C13H19BrN2O/c1-10(16-7-5-15-6-8-16)12-9-11(14)3-4-13(12)17-2/h3-4,9-10,15H,5-8H2,1-2H3. The zero-order valence-electron chi connectivity index (χ0n) is 10.4. The average molecular weight is 299 g/mol. The highest BCUT2D eigenvalue weighted by atomic mass is 79.9. The van der Waals surface area contributed by atoms with Gasteiger partial charge in [-0.05, 0) is 25.1 Å². The largest absolute Gasteiger partial charge is 0.496 e. The van der Waals surface area contributed by atoms with Crippen molar-refractivity contribution in [2.75, 3.05) is 33.3 Å². The fraction of sp³-hybridized carbons (Fsp3) is 0.538. The summed E-state index contributed by atoms with van der Waals surface area (Å²) in [5, 5.41) is 3.38. The van der Waals surface area contributed by atoms with Gasteiger partial charge in [0.1, 0.15) is 5.75 Å². The van der Waals surface area contributed by atoms with Crippen LogP contribution in [0, 0.1) is 0 Å². The third-order valence-corrected chi connectivity index (χ3v) is 3.83. The lowest BCUT2D eigenvalue weighted by atomic mass is 10.1. The van der Waals surface area contributed by atoms with E-state index >= 15 is 0 Å². The van der Waals surface area contributed by atoms with Crippen LogP contribution >= 0.6 is 15.9 Å². The van der Waals surface area contributed by atoms with E-state index in [1.165, 1.54) is 5.56 Å². The maximum absolute atomic E-state index is 5.45. The molecule has 0 amide bonds.